The van der Waals surface area contributed by atoms with Gasteiger partial charge < -0.3 is 15.4 Å². The molecule has 0 saturated carbocycles. The van der Waals surface area contributed by atoms with Crippen molar-refractivity contribution in [1.29, 1.82) is 0 Å². The van der Waals surface area contributed by atoms with Crippen LogP contribution in [0.1, 0.15) is 34.8 Å². The lowest BCUT2D eigenvalue weighted by Gasteiger charge is -2.13. The zero-order valence-corrected chi connectivity index (χ0v) is 16.9. The van der Waals surface area contributed by atoms with Crippen LogP contribution in [-0.2, 0) is 17.8 Å². The van der Waals surface area contributed by atoms with E-state index in [-0.39, 0.29) is 25.0 Å². The number of pyridine rings is 1. The summed E-state index contributed by atoms with van der Waals surface area (Å²) in [5.41, 5.74) is 3.16. The highest BCUT2D eigenvalue weighted by molar-refractivity contribution is 5.94. The Kier molecular flexibility index (Phi) is 7.55. The fourth-order valence-electron chi connectivity index (χ4n) is 2.95. The van der Waals surface area contributed by atoms with Crippen molar-refractivity contribution in [2.24, 2.45) is 0 Å². The number of benzene rings is 2. The number of carbonyl (C=O) groups is 2. The van der Waals surface area contributed by atoms with Gasteiger partial charge in [-0.2, -0.15) is 0 Å². The van der Waals surface area contributed by atoms with Crippen LogP contribution in [0.15, 0.2) is 73.1 Å². The van der Waals surface area contributed by atoms with Crippen molar-refractivity contribution >= 4 is 17.5 Å². The van der Waals surface area contributed by atoms with Crippen LogP contribution in [0.5, 0.6) is 5.75 Å². The largest absolute Gasteiger partial charge is 0.484 e. The van der Waals surface area contributed by atoms with E-state index in [4.69, 9.17) is 4.74 Å². The summed E-state index contributed by atoms with van der Waals surface area (Å²) in [5.74, 6) is 0.166. The Morgan fingerprint density at radius 2 is 1.80 bits per heavy atom. The molecule has 0 bridgehead atoms. The number of anilines is 1. The molecule has 0 fully saturated rings. The Morgan fingerprint density at radius 3 is 2.53 bits per heavy atom. The van der Waals surface area contributed by atoms with Crippen LogP contribution < -0.4 is 15.4 Å². The lowest BCUT2D eigenvalue weighted by molar-refractivity contribution is -0.118. The maximum absolute atomic E-state index is 12.3. The Morgan fingerprint density at radius 1 is 1.00 bits per heavy atom. The van der Waals surface area contributed by atoms with Crippen LogP contribution >= 0.6 is 0 Å². The van der Waals surface area contributed by atoms with Gasteiger partial charge in [0.15, 0.2) is 6.61 Å². The smallest absolute Gasteiger partial charge is 0.262 e. The number of hydrogen-bond acceptors (Lipinski definition) is 4. The molecule has 2 N–H and O–H groups in total. The van der Waals surface area contributed by atoms with Gasteiger partial charge in [-0.05, 0) is 47.9 Å². The molecule has 30 heavy (non-hydrogen) atoms. The molecule has 0 atom stereocenters. The molecule has 6 heteroatoms. The predicted molar refractivity (Wildman–Crippen MR) is 116 cm³/mol. The van der Waals surface area contributed by atoms with E-state index in [9.17, 15) is 9.59 Å². The van der Waals surface area contributed by atoms with Crippen molar-refractivity contribution < 1.29 is 14.3 Å². The monoisotopic (exact) mass is 403 g/mol. The van der Waals surface area contributed by atoms with Crippen LogP contribution in [0.4, 0.5) is 5.69 Å². The van der Waals surface area contributed by atoms with E-state index in [2.05, 4.69) is 22.5 Å². The molecule has 0 aliphatic carbocycles. The molecule has 0 aliphatic rings. The van der Waals surface area contributed by atoms with Crippen molar-refractivity contribution in [2.45, 2.75) is 26.3 Å². The van der Waals surface area contributed by atoms with Gasteiger partial charge in [0.05, 0.1) is 5.56 Å². The molecule has 3 aromatic rings. The number of aryl methyl sites for hydroxylation is 1. The number of rotatable bonds is 9. The normalized spacial score (nSPS) is 10.3. The molecule has 0 radical (unpaired) electrons. The summed E-state index contributed by atoms with van der Waals surface area (Å²) in [7, 11) is 0. The van der Waals surface area contributed by atoms with Crippen LogP contribution in [0, 0.1) is 0 Å². The predicted octanol–water partition coefficient (Wildman–Crippen LogP) is 3.98. The van der Waals surface area contributed by atoms with E-state index in [0.29, 0.717) is 17.0 Å². The molecule has 0 unspecified atom stereocenters. The molecule has 0 spiro atoms. The third-order valence-electron chi connectivity index (χ3n) is 4.49. The first-order valence-corrected chi connectivity index (χ1v) is 9.93. The number of aromatic nitrogens is 1. The van der Waals surface area contributed by atoms with Crippen molar-refractivity contribution in [3.05, 3.63) is 89.7 Å². The second-order valence-electron chi connectivity index (χ2n) is 6.81. The van der Waals surface area contributed by atoms with Gasteiger partial charge in [0.1, 0.15) is 5.75 Å². The summed E-state index contributed by atoms with van der Waals surface area (Å²) in [6, 6.07) is 18.5. The average molecular weight is 403 g/mol. The molecule has 3 rings (SSSR count). The number of nitrogens with zero attached hydrogens (tertiary/aromatic N) is 1. The van der Waals surface area contributed by atoms with Gasteiger partial charge in [-0.3, -0.25) is 14.6 Å². The third-order valence-corrected chi connectivity index (χ3v) is 4.49. The second kappa shape index (κ2) is 10.8. The SMILES string of the molecule is CCCc1ccc(OCC(=O)Nc2ccccc2CNC(=O)c2cccnc2)cc1. The molecule has 6 nitrogen and oxygen atoms in total. The first-order chi connectivity index (χ1) is 14.7. The van der Waals surface area contributed by atoms with Crippen molar-refractivity contribution in [1.82, 2.24) is 10.3 Å². The van der Waals surface area contributed by atoms with E-state index in [0.717, 1.165) is 18.4 Å². The summed E-state index contributed by atoms with van der Waals surface area (Å²) >= 11 is 0. The Hall–Kier alpha value is -3.67. The van der Waals surface area contributed by atoms with E-state index < -0.39 is 0 Å². The summed E-state index contributed by atoms with van der Waals surface area (Å²) in [4.78, 5) is 28.5. The van der Waals surface area contributed by atoms with Crippen LogP contribution in [0.3, 0.4) is 0 Å². The summed E-state index contributed by atoms with van der Waals surface area (Å²) in [5, 5.41) is 5.69. The highest BCUT2D eigenvalue weighted by Gasteiger charge is 2.10. The molecule has 0 aliphatic heterocycles. The van der Waals surface area contributed by atoms with Gasteiger partial charge >= 0.3 is 0 Å². The maximum Gasteiger partial charge on any atom is 0.262 e. The fourth-order valence-corrected chi connectivity index (χ4v) is 2.95. The summed E-state index contributed by atoms with van der Waals surface area (Å²) in [6.07, 6.45) is 5.23. The number of ether oxygens (including phenoxy) is 1. The van der Waals surface area contributed by atoms with Gasteiger partial charge in [-0.25, -0.2) is 0 Å². The van der Waals surface area contributed by atoms with Crippen molar-refractivity contribution in [2.75, 3.05) is 11.9 Å². The molecule has 1 heterocycles. The Bertz CT molecular complexity index is 973. The van der Waals surface area contributed by atoms with Gasteiger partial charge in [-0.1, -0.05) is 43.7 Å². The molecular formula is C24H25N3O3. The molecule has 2 amide bonds. The zero-order valence-electron chi connectivity index (χ0n) is 16.9. The lowest BCUT2D eigenvalue weighted by Crippen LogP contribution is -2.25. The highest BCUT2D eigenvalue weighted by Crippen LogP contribution is 2.16. The van der Waals surface area contributed by atoms with Gasteiger partial charge in [0.2, 0.25) is 0 Å². The third kappa shape index (κ3) is 6.17. The summed E-state index contributed by atoms with van der Waals surface area (Å²) in [6.45, 7) is 2.32. The topological polar surface area (TPSA) is 80.3 Å². The van der Waals surface area contributed by atoms with E-state index >= 15 is 0 Å². The Labute approximate surface area is 176 Å². The fraction of sp³-hybridized carbons (Fsp3) is 0.208. The minimum Gasteiger partial charge on any atom is -0.484 e. The Balaban J connectivity index is 1.53. The number of carbonyl (C=O) groups excluding carboxylic acids is 2. The van der Waals surface area contributed by atoms with Crippen molar-refractivity contribution in [3.8, 4) is 5.75 Å². The molecule has 2 aromatic carbocycles. The van der Waals surface area contributed by atoms with Gasteiger partial charge in [-0.15, -0.1) is 0 Å². The van der Waals surface area contributed by atoms with Gasteiger partial charge in [0.25, 0.3) is 11.8 Å². The van der Waals surface area contributed by atoms with Crippen LogP contribution in [0.25, 0.3) is 0 Å². The van der Waals surface area contributed by atoms with E-state index in [1.165, 1.54) is 11.8 Å². The number of nitrogens with one attached hydrogen (secondary N) is 2. The van der Waals surface area contributed by atoms with Gasteiger partial charge in [0, 0.05) is 24.6 Å². The van der Waals surface area contributed by atoms with E-state index in [1.54, 1.807) is 24.4 Å². The minimum absolute atomic E-state index is 0.0937. The maximum atomic E-state index is 12.3. The van der Waals surface area contributed by atoms with E-state index in [1.807, 2.05) is 42.5 Å². The number of para-hydroxylation sites is 1. The van der Waals surface area contributed by atoms with Crippen molar-refractivity contribution in [3.63, 3.8) is 0 Å². The minimum atomic E-state index is -0.265. The summed E-state index contributed by atoms with van der Waals surface area (Å²) < 4.78 is 5.58. The molecule has 1 aromatic heterocycles. The number of hydrogen-bond donors (Lipinski definition) is 2. The van der Waals surface area contributed by atoms with Crippen LogP contribution in [-0.4, -0.2) is 23.4 Å². The zero-order chi connectivity index (χ0) is 21.2. The van der Waals surface area contributed by atoms with Crippen LogP contribution in [0.2, 0.25) is 0 Å². The highest BCUT2D eigenvalue weighted by atomic mass is 16.5. The standard InChI is InChI=1S/C24H25N3O3/c1-2-6-18-10-12-21(13-11-18)30-17-23(28)27-22-9-4-3-7-19(22)16-26-24(29)20-8-5-14-25-15-20/h3-5,7-15H,2,6,16-17H2,1H3,(H,26,29)(H,27,28). The molecule has 0 saturated heterocycles. The average Bonchev–Trinajstić information content (AvgIpc) is 2.78. The quantitative estimate of drug-likeness (QED) is 0.566. The number of amides is 2. The lowest BCUT2D eigenvalue weighted by atomic mass is 10.1. The molecular weight excluding hydrogens is 378 g/mol. The second-order valence-corrected chi connectivity index (χ2v) is 6.81. The first-order valence-electron chi connectivity index (χ1n) is 9.93. The first kappa shape index (κ1) is 21.0. The molecule has 154 valence electrons.